The predicted molar refractivity (Wildman–Crippen MR) is 89.7 cm³/mol. The monoisotopic (exact) mass is 333 g/mol. The largest absolute Gasteiger partial charge is 0.320 e. The van der Waals surface area contributed by atoms with Crippen molar-refractivity contribution < 1.29 is 13.7 Å². The molecule has 0 amide bonds. The van der Waals surface area contributed by atoms with E-state index >= 15 is 0 Å². The van der Waals surface area contributed by atoms with Crippen LogP contribution in [0.25, 0.3) is 0 Å². The average molecular weight is 333 g/mol. The molecule has 0 bridgehead atoms. The summed E-state index contributed by atoms with van der Waals surface area (Å²) in [4.78, 5) is 5.81. The van der Waals surface area contributed by atoms with Gasteiger partial charge in [-0.15, -0.1) is 0 Å². The number of hydrogen-bond donors (Lipinski definition) is 1. The average Bonchev–Trinajstić information content (AvgIpc) is 2.54. The van der Waals surface area contributed by atoms with Gasteiger partial charge in [-0.05, 0) is 50.7 Å². The topological polar surface area (TPSA) is 27.7 Å². The summed E-state index contributed by atoms with van der Waals surface area (Å²) in [5.41, 5.74) is 2.54. The molecule has 0 radical (unpaired) electrons. The lowest BCUT2D eigenvalue weighted by atomic mass is 10.1. The SMILES string of the molecule is CNCCCN1Cc2cc(C)ccc2N(c2c(F)cccc2F)O1. The molecule has 4 nitrogen and oxygen atoms in total. The highest BCUT2D eigenvalue weighted by atomic mass is 19.1. The van der Waals surface area contributed by atoms with E-state index in [1.165, 1.54) is 23.3 Å². The molecule has 2 aromatic rings. The van der Waals surface area contributed by atoms with Crippen molar-refractivity contribution in [2.45, 2.75) is 19.9 Å². The zero-order valence-corrected chi connectivity index (χ0v) is 13.9. The number of nitrogens with one attached hydrogen (secondary N) is 1. The molecule has 6 heteroatoms. The fraction of sp³-hybridized carbons (Fsp3) is 0.333. The van der Waals surface area contributed by atoms with E-state index in [0.29, 0.717) is 18.8 Å². The molecule has 0 saturated heterocycles. The quantitative estimate of drug-likeness (QED) is 0.845. The van der Waals surface area contributed by atoms with Crippen LogP contribution in [0.15, 0.2) is 36.4 Å². The Morgan fingerprint density at radius 3 is 2.62 bits per heavy atom. The van der Waals surface area contributed by atoms with Crippen LogP contribution in [0, 0.1) is 18.6 Å². The molecule has 2 aromatic carbocycles. The van der Waals surface area contributed by atoms with Gasteiger partial charge in [-0.1, -0.05) is 23.8 Å². The third-order valence-electron chi connectivity index (χ3n) is 3.97. The molecule has 0 unspecified atom stereocenters. The van der Waals surface area contributed by atoms with Crippen molar-refractivity contribution in [1.29, 1.82) is 0 Å². The van der Waals surface area contributed by atoms with Crippen LogP contribution in [-0.4, -0.2) is 25.2 Å². The van der Waals surface area contributed by atoms with Gasteiger partial charge in [-0.3, -0.25) is 0 Å². The maximum atomic E-state index is 14.3. The Balaban J connectivity index is 1.98. The lowest BCUT2D eigenvalue weighted by Crippen LogP contribution is -2.39. The van der Waals surface area contributed by atoms with Gasteiger partial charge in [0, 0.05) is 6.54 Å². The zero-order valence-electron chi connectivity index (χ0n) is 13.9. The van der Waals surface area contributed by atoms with Crippen LogP contribution in [0.3, 0.4) is 0 Å². The van der Waals surface area contributed by atoms with Crippen LogP contribution in [0.2, 0.25) is 0 Å². The summed E-state index contributed by atoms with van der Waals surface area (Å²) in [5.74, 6) is -1.31. The van der Waals surface area contributed by atoms with E-state index in [4.69, 9.17) is 4.94 Å². The van der Waals surface area contributed by atoms with E-state index in [9.17, 15) is 8.78 Å². The predicted octanol–water partition coefficient (Wildman–Crippen LogP) is 3.68. The maximum absolute atomic E-state index is 14.3. The van der Waals surface area contributed by atoms with E-state index < -0.39 is 11.6 Å². The Morgan fingerprint density at radius 2 is 1.92 bits per heavy atom. The van der Waals surface area contributed by atoms with Crippen molar-refractivity contribution in [2.24, 2.45) is 0 Å². The van der Waals surface area contributed by atoms with Gasteiger partial charge in [0.2, 0.25) is 0 Å². The molecule has 0 saturated carbocycles. The minimum atomic E-state index is -0.654. The summed E-state index contributed by atoms with van der Waals surface area (Å²) in [7, 11) is 1.89. The van der Waals surface area contributed by atoms with Crippen molar-refractivity contribution in [2.75, 3.05) is 25.2 Å². The fourth-order valence-corrected chi connectivity index (χ4v) is 2.81. The third-order valence-corrected chi connectivity index (χ3v) is 3.97. The van der Waals surface area contributed by atoms with E-state index in [1.807, 2.05) is 32.2 Å². The molecular formula is C18H21F2N3O. The normalized spacial score (nSPS) is 14.8. The van der Waals surface area contributed by atoms with Gasteiger partial charge < -0.3 is 5.32 Å². The maximum Gasteiger partial charge on any atom is 0.152 e. The minimum Gasteiger partial charge on any atom is -0.320 e. The van der Waals surface area contributed by atoms with Crippen molar-refractivity contribution >= 4 is 11.4 Å². The first-order valence-electron chi connectivity index (χ1n) is 8.01. The number of benzene rings is 2. The molecule has 0 fully saturated rings. The number of halogens is 2. The van der Waals surface area contributed by atoms with E-state index in [0.717, 1.165) is 24.1 Å². The second-order valence-electron chi connectivity index (χ2n) is 5.90. The van der Waals surface area contributed by atoms with Gasteiger partial charge in [-0.25, -0.2) is 8.78 Å². The molecule has 0 spiro atoms. The second-order valence-corrected chi connectivity index (χ2v) is 5.90. The molecular weight excluding hydrogens is 312 g/mol. The first kappa shape index (κ1) is 16.8. The van der Waals surface area contributed by atoms with Crippen LogP contribution in [0.5, 0.6) is 0 Å². The van der Waals surface area contributed by atoms with Gasteiger partial charge in [0.05, 0.1) is 12.2 Å². The first-order chi connectivity index (χ1) is 11.6. The molecule has 1 heterocycles. The Bertz CT molecular complexity index is 703. The Labute approximate surface area is 140 Å². The van der Waals surface area contributed by atoms with Crippen LogP contribution in [-0.2, 0) is 11.5 Å². The molecule has 128 valence electrons. The Hall–Kier alpha value is -2.02. The molecule has 1 aliphatic rings. The highest BCUT2D eigenvalue weighted by molar-refractivity contribution is 5.66. The van der Waals surface area contributed by atoms with Gasteiger partial charge >= 0.3 is 0 Å². The van der Waals surface area contributed by atoms with E-state index in [1.54, 1.807) is 5.06 Å². The van der Waals surface area contributed by atoms with Crippen LogP contribution in [0.4, 0.5) is 20.2 Å². The number of nitrogens with zero attached hydrogens (tertiary/aromatic N) is 2. The fourth-order valence-electron chi connectivity index (χ4n) is 2.81. The number of aryl methyl sites for hydroxylation is 1. The lowest BCUT2D eigenvalue weighted by Gasteiger charge is -2.36. The molecule has 1 aliphatic heterocycles. The van der Waals surface area contributed by atoms with E-state index in [-0.39, 0.29) is 5.69 Å². The first-order valence-corrected chi connectivity index (χ1v) is 8.01. The van der Waals surface area contributed by atoms with Gasteiger partial charge in [-0.2, -0.15) is 15.1 Å². The number of anilines is 2. The standard InChI is InChI=1S/C18H21F2N3O/c1-13-7-8-17-14(11-13)12-22(10-4-9-21-2)24-23(17)18-15(19)5-3-6-16(18)20/h3,5-8,11,21H,4,9-10,12H2,1-2H3. The van der Waals surface area contributed by atoms with E-state index in [2.05, 4.69) is 5.32 Å². The Kier molecular flexibility index (Phi) is 5.08. The van der Waals surface area contributed by atoms with Crippen molar-refractivity contribution in [3.8, 4) is 0 Å². The van der Waals surface area contributed by atoms with Crippen LogP contribution >= 0.6 is 0 Å². The summed E-state index contributed by atoms with van der Waals surface area (Å²) < 4.78 is 28.5. The van der Waals surface area contributed by atoms with Gasteiger partial charge in [0.25, 0.3) is 0 Å². The van der Waals surface area contributed by atoms with Crippen LogP contribution in [0.1, 0.15) is 17.5 Å². The summed E-state index contributed by atoms with van der Waals surface area (Å²) in [6.07, 6.45) is 0.866. The van der Waals surface area contributed by atoms with Gasteiger partial charge in [0.1, 0.15) is 5.69 Å². The summed E-state index contributed by atoms with van der Waals surface area (Å²) in [6, 6.07) is 9.57. The number of fused-ring (bicyclic) bond motifs is 1. The molecule has 1 N–H and O–H groups in total. The lowest BCUT2D eigenvalue weighted by molar-refractivity contribution is -0.177. The highest BCUT2D eigenvalue weighted by Gasteiger charge is 2.29. The minimum absolute atomic E-state index is 0.194. The number of rotatable bonds is 5. The Morgan fingerprint density at radius 1 is 1.17 bits per heavy atom. The molecule has 0 aliphatic carbocycles. The van der Waals surface area contributed by atoms with Gasteiger partial charge in [0.15, 0.2) is 11.6 Å². The molecule has 0 atom stereocenters. The summed E-state index contributed by atoms with van der Waals surface area (Å²) >= 11 is 0. The highest BCUT2D eigenvalue weighted by Crippen LogP contribution is 2.37. The number of hydroxylamine groups is 2. The summed E-state index contributed by atoms with van der Waals surface area (Å²) in [5, 5.41) is 6.06. The smallest absolute Gasteiger partial charge is 0.152 e. The van der Waals surface area contributed by atoms with Crippen molar-refractivity contribution in [1.82, 2.24) is 10.4 Å². The zero-order chi connectivity index (χ0) is 17.1. The second kappa shape index (κ2) is 7.25. The number of hydrogen-bond acceptors (Lipinski definition) is 4. The van der Waals surface area contributed by atoms with Crippen molar-refractivity contribution in [3.63, 3.8) is 0 Å². The van der Waals surface area contributed by atoms with Crippen molar-refractivity contribution in [3.05, 3.63) is 59.2 Å². The molecule has 24 heavy (non-hydrogen) atoms. The molecule has 0 aromatic heterocycles. The number of para-hydroxylation sites is 1. The third kappa shape index (κ3) is 3.40. The summed E-state index contributed by atoms with van der Waals surface area (Å²) in [6.45, 7) is 4.07. The van der Waals surface area contributed by atoms with Crippen LogP contribution < -0.4 is 10.4 Å². The molecule has 3 rings (SSSR count).